The lowest BCUT2D eigenvalue weighted by atomic mass is 9.77. The molecule has 1 saturated heterocycles. The molecule has 2 aliphatic rings. The highest BCUT2D eigenvalue weighted by Gasteiger charge is 2.33. The first-order valence-corrected chi connectivity index (χ1v) is 8.10. The first-order chi connectivity index (χ1) is 10.2. The van der Waals surface area contributed by atoms with E-state index in [1.807, 2.05) is 7.05 Å². The second-order valence-electron chi connectivity index (χ2n) is 6.61. The van der Waals surface area contributed by atoms with Crippen LogP contribution in [0.2, 0.25) is 0 Å². The fraction of sp³-hybridized carbons (Fsp3) is 0.588. The first kappa shape index (κ1) is 13.3. The van der Waals surface area contributed by atoms with Gasteiger partial charge in [-0.05, 0) is 49.8 Å². The molecule has 1 aromatic heterocycles. The summed E-state index contributed by atoms with van der Waals surface area (Å²) in [6, 6.07) is 5.81. The average Bonchev–Trinajstić information content (AvgIpc) is 2.84. The number of nitrogens with zero attached hydrogens (tertiary/aromatic N) is 2. The molecule has 0 amide bonds. The van der Waals surface area contributed by atoms with Gasteiger partial charge in [0.2, 0.25) is 0 Å². The summed E-state index contributed by atoms with van der Waals surface area (Å²) in [5.41, 5.74) is 1.78. The van der Waals surface area contributed by atoms with Gasteiger partial charge in [0, 0.05) is 13.1 Å². The van der Waals surface area contributed by atoms with E-state index in [1.165, 1.54) is 38.2 Å². The molecule has 4 heteroatoms. The van der Waals surface area contributed by atoms with Gasteiger partial charge in [0.05, 0.1) is 17.1 Å². The third-order valence-corrected chi connectivity index (χ3v) is 5.34. The van der Waals surface area contributed by atoms with E-state index in [0.29, 0.717) is 12.1 Å². The van der Waals surface area contributed by atoms with Gasteiger partial charge in [-0.1, -0.05) is 12.8 Å². The predicted molar refractivity (Wildman–Crippen MR) is 81.5 cm³/mol. The van der Waals surface area contributed by atoms with Gasteiger partial charge in [0.15, 0.2) is 0 Å². The van der Waals surface area contributed by atoms with Crippen molar-refractivity contribution >= 4 is 11.0 Å². The van der Waals surface area contributed by atoms with Gasteiger partial charge in [-0.15, -0.1) is 0 Å². The van der Waals surface area contributed by atoms with Crippen LogP contribution in [0.4, 0.5) is 4.39 Å². The Morgan fingerprint density at radius 1 is 1.19 bits per heavy atom. The van der Waals surface area contributed by atoms with Crippen molar-refractivity contribution in [1.82, 2.24) is 14.9 Å². The van der Waals surface area contributed by atoms with Crippen molar-refractivity contribution in [3.05, 3.63) is 29.8 Å². The number of piperidine rings is 1. The molecule has 0 spiro atoms. The number of aryl methyl sites for hydroxylation is 1. The Morgan fingerprint density at radius 2 is 2.05 bits per heavy atom. The molecule has 1 N–H and O–H groups in total. The van der Waals surface area contributed by atoms with Crippen LogP contribution in [0.25, 0.3) is 11.0 Å². The summed E-state index contributed by atoms with van der Waals surface area (Å²) >= 11 is 0. The molecular formula is C17H22FN3. The van der Waals surface area contributed by atoms with Gasteiger partial charge in [0.1, 0.15) is 11.6 Å². The molecule has 3 unspecified atom stereocenters. The van der Waals surface area contributed by atoms with Gasteiger partial charge in [-0.25, -0.2) is 9.37 Å². The highest BCUT2D eigenvalue weighted by atomic mass is 19.1. The first-order valence-electron chi connectivity index (χ1n) is 8.10. The monoisotopic (exact) mass is 287 g/mol. The maximum absolute atomic E-state index is 13.4. The van der Waals surface area contributed by atoms with E-state index in [-0.39, 0.29) is 5.82 Å². The Balaban J connectivity index is 1.65. The number of fused-ring (bicyclic) bond motifs is 2. The zero-order valence-electron chi connectivity index (χ0n) is 12.5. The van der Waals surface area contributed by atoms with Gasteiger partial charge >= 0.3 is 0 Å². The molecular weight excluding hydrogens is 265 g/mol. The van der Waals surface area contributed by atoms with Gasteiger partial charge in [-0.3, -0.25) is 0 Å². The fourth-order valence-corrected chi connectivity index (χ4v) is 4.19. The van der Waals surface area contributed by atoms with Gasteiger partial charge in [-0.2, -0.15) is 0 Å². The number of halogens is 1. The molecule has 2 heterocycles. The molecule has 1 saturated carbocycles. The Kier molecular flexibility index (Phi) is 3.21. The minimum atomic E-state index is -0.194. The second kappa shape index (κ2) is 5.09. The van der Waals surface area contributed by atoms with Crippen LogP contribution < -0.4 is 5.32 Å². The Morgan fingerprint density at radius 3 is 2.95 bits per heavy atom. The summed E-state index contributed by atoms with van der Waals surface area (Å²) in [4.78, 5) is 4.75. The number of hydrogen-bond acceptors (Lipinski definition) is 2. The number of nitrogens with one attached hydrogen (secondary N) is 1. The summed E-state index contributed by atoms with van der Waals surface area (Å²) in [7, 11) is 2.00. The van der Waals surface area contributed by atoms with Crippen LogP contribution in [0.5, 0.6) is 0 Å². The third-order valence-electron chi connectivity index (χ3n) is 5.34. The highest BCUT2D eigenvalue weighted by molar-refractivity contribution is 5.76. The summed E-state index contributed by atoms with van der Waals surface area (Å²) in [5, 5.41) is 3.81. The number of imidazole rings is 1. The maximum Gasteiger partial charge on any atom is 0.126 e. The third kappa shape index (κ3) is 2.26. The lowest BCUT2D eigenvalue weighted by molar-refractivity contribution is 0.172. The smallest absolute Gasteiger partial charge is 0.126 e. The Hall–Kier alpha value is -1.42. The zero-order chi connectivity index (χ0) is 14.4. The topological polar surface area (TPSA) is 29.9 Å². The van der Waals surface area contributed by atoms with E-state index in [0.717, 1.165) is 29.2 Å². The zero-order valence-corrected chi connectivity index (χ0v) is 12.5. The van der Waals surface area contributed by atoms with E-state index in [9.17, 15) is 4.39 Å². The van der Waals surface area contributed by atoms with Crippen molar-refractivity contribution in [1.29, 1.82) is 0 Å². The molecule has 1 aliphatic heterocycles. The molecule has 112 valence electrons. The number of benzene rings is 1. The Labute approximate surface area is 124 Å². The molecule has 3 atom stereocenters. The van der Waals surface area contributed by atoms with Crippen molar-refractivity contribution in [2.45, 2.75) is 50.6 Å². The molecule has 21 heavy (non-hydrogen) atoms. The van der Waals surface area contributed by atoms with E-state index >= 15 is 0 Å². The molecule has 2 aromatic rings. The summed E-state index contributed by atoms with van der Waals surface area (Å²) < 4.78 is 15.5. The maximum atomic E-state index is 13.4. The van der Waals surface area contributed by atoms with Gasteiger partial charge in [0.25, 0.3) is 0 Å². The van der Waals surface area contributed by atoms with Crippen LogP contribution in [-0.4, -0.2) is 15.6 Å². The molecule has 0 radical (unpaired) electrons. The van der Waals surface area contributed by atoms with Crippen molar-refractivity contribution < 1.29 is 4.39 Å². The summed E-state index contributed by atoms with van der Waals surface area (Å²) in [5.74, 6) is 1.71. The van der Waals surface area contributed by atoms with Crippen molar-refractivity contribution in [3.63, 3.8) is 0 Å². The van der Waals surface area contributed by atoms with Crippen LogP contribution in [0.15, 0.2) is 18.2 Å². The van der Waals surface area contributed by atoms with Crippen LogP contribution in [0.1, 0.15) is 50.4 Å². The largest absolute Gasteiger partial charge is 0.330 e. The molecule has 1 aliphatic carbocycles. The lowest BCUT2D eigenvalue weighted by Gasteiger charge is -2.40. The lowest BCUT2D eigenvalue weighted by Crippen LogP contribution is -2.45. The van der Waals surface area contributed by atoms with Crippen LogP contribution in [-0.2, 0) is 7.05 Å². The molecule has 4 rings (SSSR count). The van der Waals surface area contributed by atoms with Gasteiger partial charge < -0.3 is 9.88 Å². The van der Waals surface area contributed by atoms with E-state index in [4.69, 9.17) is 4.98 Å². The number of aromatic nitrogens is 2. The molecule has 2 fully saturated rings. The van der Waals surface area contributed by atoms with Crippen molar-refractivity contribution in [2.24, 2.45) is 13.0 Å². The SMILES string of the molecule is Cn1c(C2CCC3CCCCC3N2)nc2ccc(F)cc21. The van der Waals surface area contributed by atoms with E-state index in [1.54, 1.807) is 12.1 Å². The van der Waals surface area contributed by atoms with Crippen LogP contribution in [0.3, 0.4) is 0 Å². The predicted octanol–water partition coefficient (Wildman–Crippen LogP) is 3.70. The standard InChI is InChI=1S/C17H22FN3/c1-21-16-10-12(18)7-9-14(16)20-17(21)15-8-6-11-4-2-3-5-13(11)19-15/h7,9-11,13,15,19H,2-6,8H2,1H3. The summed E-state index contributed by atoms with van der Waals surface area (Å²) in [6.07, 6.45) is 7.83. The van der Waals surface area contributed by atoms with Crippen LogP contribution >= 0.6 is 0 Å². The minimum absolute atomic E-state index is 0.194. The normalized spacial score (nSPS) is 29.5. The van der Waals surface area contributed by atoms with E-state index in [2.05, 4.69) is 9.88 Å². The quantitative estimate of drug-likeness (QED) is 0.867. The second-order valence-corrected chi connectivity index (χ2v) is 6.61. The number of hydrogen-bond donors (Lipinski definition) is 1. The Bertz CT molecular complexity index is 663. The fourth-order valence-electron chi connectivity index (χ4n) is 4.19. The van der Waals surface area contributed by atoms with E-state index < -0.39 is 0 Å². The molecule has 0 bridgehead atoms. The average molecular weight is 287 g/mol. The molecule has 3 nitrogen and oxygen atoms in total. The number of rotatable bonds is 1. The summed E-state index contributed by atoms with van der Waals surface area (Å²) in [6.45, 7) is 0. The van der Waals surface area contributed by atoms with Crippen molar-refractivity contribution in [3.8, 4) is 0 Å². The minimum Gasteiger partial charge on any atom is -0.330 e. The van der Waals surface area contributed by atoms with Crippen molar-refractivity contribution in [2.75, 3.05) is 0 Å². The van der Waals surface area contributed by atoms with Crippen LogP contribution in [0, 0.1) is 11.7 Å². The molecule has 1 aromatic carbocycles. The highest BCUT2D eigenvalue weighted by Crippen LogP contribution is 2.37.